The van der Waals surface area contributed by atoms with E-state index in [1.807, 2.05) is 30.5 Å². The Hall–Kier alpha value is -3.53. The standard InChI is InChI=1S/C21H25N9O/c1-14(2)17-11-25-30-19(17)27-21(31-16-7-8-22-10-16)28-20(30)24-9-15-5-3-4-6-18(15)29-13-23-12-26-29/h3-6,11-14,16,22H,7-10H2,1-2H3,(H,24,27,28). The Balaban J connectivity index is 1.48. The number of nitrogens with one attached hydrogen (secondary N) is 2. The van der Waals surface area contributed by atoms with Crippen molar-refractivity contribution in [1.82, 2.24) is 39.7 Å². The molecule has 1 unspecified atom stereocenters. The number of para-hydroxylation sites is 1. The van der Waals surface area contributed by atoms with Gasteiger partial charge in [-0.25, -0.2) is 9.67 Å². The van der Waals surface area contributed by atoms with E-state index in [2.05, 4.69) is 49.6 Å². The highest BCUT2D eigenvalue weighted by molar-refractivity contribution is 5.53. The average Bonchev–Trinajstić information content (AvgIpc) is 3.53. The van der Waals surface area contributed by atoms with Gasteiger partial charge in [0.25, 0.3) is 0 Å². The highest BCUT2D eigenvalue weighted by Crippen LogP contribution is 2.24. The molecule has 1 atom stereocenters. The minimum absolute atomic E-state index is 0.0776. The van der Waals surface area contributed by atoms with Gasteiger partial charge in [-0.15, -0.1) is 0 Å². The lowest BCUT2D eigenvalue weighted by molar-refractivity contribution is 0.204. The number of aromatic nitrogens is 7. The van der Waals surface area contributed by atoms with Crippen LogP contribution in [-0.2, 0) is 6.54 Å². The summed E-state index contributed by atoms with van der Waals surface area (Å²) in [4.78, 5) is 13.4. The van der Waals surface area contributed by atoms with Crippen molar-refractivity contribution >= 4 is 11.6 Å². The van der Waals surface area contributed by atoms with Gasteiger partial charge in [0.2, 0.25) is 5.95 Å². The van der Waals surface area contributed by atoms with Crippen LogP contribution in [0.1, 0.15) is 37.3 Å². The normalized spacial score (nSPS) is 16.3. The lowest BCUT2D eigenvalue weighted by Gasteiger charge is -2.15. The van der Waals surface area contributed by atoms with E-state index in [4.69, 9.17) is 4.74 Å². The van der Waals surface area contributed by atoms with Crippen molar-refractivity contribution in [2.24, 2.45) is 0 Å². The van der Waals surface area contributed by atoms with E-state index in [0.717, 1.165) is 42.0 Å². The third-order valence-electron chi connectivity index (χ3n) is 5.38. The maximum Gasteiger partial charge on any atom is 0.322 e. The second-order valence-electron chi connectivity index (χ2n) is 7.87. The Labute approximate surface area is 179 Å². The summed E-state index contributed by atoms with van der Waals surface area (Å²) < 4.78 is 9.57. The van der Waals surface area contributed by atoms with Gasteiger partial charge >= 0.3 is 6.01 Å². The molecule has 1 aromatic carbocycles. The Morgan fingerprint density at radius 2 is 2.13 bits per heavy atom. The van der Waals surface area contributed by atoms with Gasteiger partial charge in [0, 0.05) is 18.7 Å². The summed E-state index contributed by atoms with van der Waals surface area (Å²) in [5, 5.41) is 15.5. The van der Waals surface area contributed by atoms with E-state index in [1.54, 1.807) is 15.5 Å². The molecule has 0 aliphatic carbocycles. The first-order valence-electron chi connectivity index (χ1n) is 10.5. The summed E-state index contributed by atoms with van der Waals surface area (Å²) in [6, 6.07) is 8.41. The van der Waals surface area contributed by atoms with Crippen LogP contribution in [0.25, 0.3) is 11.3 Å². The SMILES string of the molecule is CC(C)c1cnn2c(NCc3ccccc3-n3cncn3)nc(OC3CCNC3)nc12. The van der Waals surface area contributed by atoms with E-state index in [-0.39, 0.29) is 12.0 Å². The number of ether oxygens (including phenoxy) is 1. The minimum Gasteiger partial charge on any atom is -0.459 e. The summed E-state index contributed by atoms with van der Waals surface area (Å²) >= 11 is 0. The molecule has 0 radical (unpaired) electrons. The number of nitrogens with zero attached hydrogens (tertiary/aromatic N) is 7. The average molecular weight is 419 g/mol. The van der Waals surface area contributed by atoms with E-state index < -0.39 is 0 Å². The van der Waals surface area contributed by atoms with Gasteiger partial charge in [-0.1, -0.05) is 32.0 Å². The van der Waals surface area contributed by atoms with Gasteiger partial charge in [0.05, 0.1) is 11.9 Å². The number of hydrogen-bond acceptors (Lipinski definition) is 8. The van der Waals surface area contributed by atoms with Crippen LogP contribution < -0.4 is 15.4 Å². The molecule has 4 heterocycles. The predicted molar refractivity (Wildman–Crippen MR) is 115 cm³/mol. The zero-order valence-corrected chi connectivity index (χ0v) is 17.6. The molecule has 1 aliphatic rings. The molecule has 10 nitrogen and oxygen atoms in total. The van der Waals surface area contributed by atoms with Crippen molar-refractivity contribution < 1.29 is 4.74 Å². The minimum atomic E-state index is 0.0776. The molecular formula is C21H25N9O. The van der Waals surface area contributed by atoms with E-state index in [1.165, 1.54) is 6.33 Å². The van der Waals surface area contributed by atoms with Crippen molar-refractivity contribution in [2.75, 3.05) is 18.4 Å². The molecule has 0 bridgehead atoms. The molecule has 5 rings (SSSR count). The van der Waals surface area contributed by atoms with Crippen LogP contribution in [0.2, 0.25) is 0 Å². The fourth-order valence-electron chi connectivity index (χ4n) is 3.72. The maximum atomic E-state index is 6.07. The summed E-state index contributed by atoms with van der Waals surface area (Å²) in [6.45, 7) is 6.54. The van der Waals surface area contributed by atoms with E-state index >= 15 is 0 Å². The van der Waals surface area contributed by atoms with Crippen molar-refractivity contribution in [1.29, 1.82) is 0 Å². The van der Waals surface area contributed by atoms with Crippen LogP contribution in [0.4, 0.5) is 5.95 Å². The molecular weight excluding hydrogens is 394 g/mol. The second-order valence-corrected chi connectivity index (χ2v) is 7.87. The maximum absolute atomic E-state index is 6.07. The molecule has 2 N–H and O–H groups in total. The summed E-state index contributed by atoms with van der Waals surface area (Å²) in [6.07, 6.45) is 6.08. The monoisotopic (exact) mass is 419 g/mol. The second kappa shape index (κ2) is 8.31. The first-order valence-corrected chi connectivity index (χ1v) is 10.5. The van der Waals surface area contributed by atoms with E-state index in [9.17, 15) is 0 Å². The first kappa shape index (κ1) is 19.4. The third-order valence-corrected chi connectivity index (χ3v) is 5.38. The van der Waals surface area contributed by atoms with Crippen LogP contribution in [0.15, 0.2) is 43.1 Å². The summed E-state index contributed by atoms with van der Waals surface area (Å²) in [5.74, 6) is 0.875. The summed E-state index contributed by atoms with van der Waals surface area (Å²) in [7, 11) is 0. The van der Waals surface area contributed by atoms with Crippen LogP contribution >= 0.6 is 0 Å². The zero-order valence-electron chi connectivity index (χ0n) is 17.6. The fourth-order valence-corrected chi connectivity index (χ4v) is 3.72. The molecule has 0 amide bonds. The Bertz CT molecular complexity index is 1160. The fraction of sp³-hybridized carbons (Fsp3) is 0.381. The molecule has 3 aromatic heterocycles. The van der Waals surface area contributed by atoms with Crippen molar-refractivity contribution in [3.63, 3.8) is 0 Å². The molecule has 1 aliphatic heterocycles. The van der Waals surface area contributed by atoms with Crippen LogP contribution in [-0.4, -0.2) is 53.5 Å². The van der Waals surface area contributed by atoms with E-state index in [0.29, 0.717) is 18.5 Å². The lowest BCUT2D eigenvalue weighted by Crippen LogP contribution is -2.21. The van der Waals surface area contributed by atoms with Gasteiger partial charge in [-0.3, -0.25) is 0 Å². The molecule has 4 aromatic rings. The largest absolute Gasteiger partial charge is 0.459 e. The van der Waals surface area contributed by atoms with Crippen LogP contribution in [0, 0.1) is 0 Å². The Morgan fingerprint density at radius 3 is 2.90 bits per heavy atom. The smallest absolute Gasteiger partial charge is 0.322 e. The molecule has 10 heteroatoms. The molecule has 1 saturated heterocycles. The highest BCUT2D eigenvalue weighted by Gasteiger charge is 2.21. The zero-order chi connectivity index (χ0) is 21.2. The van der Waals surface area contributed by atoms with Gasteiger partial charge in [0.15, 0.2) is 5.65 Å². The number of benzene rings is 1. The molecule has 0 spiro atoms. The number of hydrogen-bond donors (Lipinski definition) is 2. The summed E-state index contributed by atoms with van der Waals surface area (Å²) in [5.41, 5.74) is 3.83. The molecule has 160 valence electrons. The van der Waals surface area contributed by atoms with Crippen molar-refractivity contribution in [3.05, 3.63) is 54.2 Å². The number of fused-ring (bicyclic) bond motifs is 1. The topological polar surface area (TPSA) is 107 Å². The van der Waals surface area contributed by atoms with Gasteiger partial charge in [-0.05, 0) is 30.5 Å². The number of rotatable bonds is 7. The number of anilines is 1. The first-order chi connectivity index (χ1) is 15.2. The van der Waals surface area contributed by atoms with Crippen molar-refractivity contribution in [2.45, 2.75) is 38.8 Å². The van der Waals surface area contributed by atoms with Gasteiger partial charge in [0.1, 0.15) is 18.8 Å². The molecule has 1 fully saturated rings. The van der Waals surface area contributed by atoms with Crippen molar-refractivity contribution in [3.8, 4) is 11.7 Å². The van der Waals surface area contributed by atoms with Crippen LogP contribution in [0.3, 0.4) is 0 Å². The van der Waals surface area contributed by atoms with Gasteiger partial charge < -0.3 is 15.4 Å². The Morgan fingerprint density at radius 1 is 1.23 bits per heavy atom. The van der Waals surface area contributed by atoms with Crippen LogP contribution in [0.5, 0.6) is 6.01 Å². The Kier molecular flexibility index (Phi) is 5.21. The highest BCUT2D eigenvalue weighted by atomic mass is 16.5. The lowest BCUT2D eigenvalue weighted by atomic mass is 10.1. The quantitative estimate of drug-likeness (QED) is 0.469. The third kappa shape index (κ3) is 3.93. The van der Waals surface area contributed by atoms with Gasteiger partial charge in [-0.2, -0.15) is 24.7 Å². The predicted octanol–water partition coefficient (Wildman–Crippen LogP) is 2.18. The molecule has 0 saturated carbocycles. The molecule has 31 heavy (non-hydrogen) atoms.